The number of hydrogen-bond donors (Lipinski definition) is 0. The van der Waals surface area contributed by atoms with Crippen molar-refractivity contribution in [3.63, 3.8) is 0 Å². The van der Waals surface area contributed by atoms with Gasteiger partial charge in [0, 0.05) is 0 Å². The summed E-state index contributed by atoms with van der Waals surface area (Å²) in [5.41, 5.74) is 9.99. The quantitative estimate of drug-likeness (QED) is 0.167. The molecule has 7 rings (SSSR count). The third-order valence-electron chi connectivity index (χ3n) is 7.87. The SMILES string of the molecule is CN1[CH-]N(c2[c-]c(B(c3[c-]c(-n4ccn(C)[c]4=[Pt])ccc3)c3c(-c4ccccc4)cccc3-c3ccccc3)ccc2)C=N1. The van der Waals surface area contributed by atoms with E-state index in [1.54, 1.807) is 5.01 Å². The van der Waals surface area contributed by atoms with Gasteiger partial charge in [-0.3, -0.25) is 0 Å². The van der Waals surface area contributed by atoms with Crippen molar-refractivity contribution in [2.24, 2.45) is 12.1 Å². The molecule has 218 valence electrons. The van der Waals surface area contributed by atoms with Crippen molar-refractivity contribution in [2.45, 2.75) is 0 Å². The second-order valence-corrected chi connectivity index (χ2v) is 11.8. The van der Waals surface area contributed by atoms with E-state index in [0.29, 0.717) is 0 Å². The van der Waals surface area contributed by atoms with E-state index in [1.807, 2.05) is 25.0 Å². The van der Waals surface area contributed by atoms with Crippen molar-refractivity contribution in [1.29, 1.82) is 0 Å². The fourth-order valence-electron chi connectivity index (χ4n) is 5.79. The van der Waals surface area contributed by atoms with Gasteiger partial charge in [-0.1, -0.05) is 0 Å². The third-order valence-corrected chi connectivity index (χ3v) is 9.22. The standard InChI is InChI=1S/C37H29BN5.Pt/c1-40-22-23-42(27-40)33-18-9-16-31(24-33)38(32-17-10-19-34(25-32)43-26-39-41(2)28-43)37-35(29-12-5-3-6-13-29)20-11-21-36(37)30-14-7-4-8-15-30;/h3-23,26,28H,1-2H3;/q-3;. The minimum atomic E-state index is -0.166. The van der Waals surface area contributed by atoms with Crippen LogP contribution in [-0.2, 0) is 26.4 Å². The van der Waals surface area contributed by atoms with Gasteiger partial charge < -0.3 is 0 Å². The number of aromatic nitrogens is 2. The normalized spacial score (nSPS) is 12.6. The summed E-state index contributed by atoms with van der Waals surface area (Å²) < 4.78 is 5.39. The molecule has 0 atom stereocenters. The molecule has 0 spiro atoms. The summed E-state index contributed by atoms with van der Waals surface area (Å²) in [6.45, 7) is 1.79. The fraction of sp³-hybridized carbons (Fsp3) is 0.0541. The van der Waals surface area contributed by atoms with E-state index in [0.717, 1.165) is 26.1 Å². The van der Waals surface area contributed by atoms with Crippen LogP contribution in [0.25, 0.3) is 27.9 Å². The molecule has 0 N–H and O–H groups in total. The topological polar surface area (TPSA) is 28.7 Å². The van der Waals surface area contributed by atoms with Crippen LogP contribution < -0.4 is 21.3 Å². The van der Waals surface area contributed by atoms with Gasteiger partial charge in [-0.15, -0.1) is 0 Å². The van der Waals surface area contributed by atoms with Crippen molar-refractivity contribution in [3.8, 4) is 27.9 Å². The van der Waals surface area contributed by atoms with Gasteiger partial charge in [-0.2, -0.15) is 0 Å². The van der Waals surface area contributed by atoms with Crippen molar-refractivity contribution in [3.05, 3.63) is 150 Å². The molecule has 5 aromatic carbocycles. The predicted octanol–water partition coefficient (Wildman–Crippen LogP) is 5.16. The number of hydrazone groups is 1. The molecule has 0 aliphatic carbocycles. The molecule has 1 aliphatic heterocycles. The van der Waals surface area contributed by atoms with Crippen LogP contribution in [0.2, 0.25) is 0 Å². The summed E-state index contributed by atoms with van der Waals surface area (Å²) in [5.74, 6) is 0. The zero-order chi connectivity index (χ0) is 30.0. The van der Waals surface area contributed by atoms with E-state index in [2.05, 4.69) is 180 Å². The number of anilines is 1. The van der Waals surface area contributed by atoms with Crippen LogP contribution in [0.15, 0.2) is 133 Å². The Morgan fingerprint density at radius 3 is 1.77 bits per heavy atom. The van der Waals surface area contributed by atoms with E-state index in [9.17, 15) is 0 Å². The summed E-state index contributed by atoms with van der Waals surface area (Å²) in [5, 5.41) is 6.19. The monoisotopic (exact) mass is 749 g/mol. The Balaban J connectivity index is 1.51. The molecule has 0 amide bonds. The average molecular weight is 750 g/mol. The van der Waals surface area contributed by atoms with Gasteiger partial charge in [0.2, 0.25) is 0 Å². The molecule has 0 fully saturated rings. The molecule has 0 unspecified atom stereocenters. The molecular formula is C37H29BN5Pt-3. The number of nitrogens with zero attached hydrogens (tertiary/aromatic N) is 5. The molecule has 0 radical (unpaired) electrons. The summed E-state index contributed by atoms with van der Waals surface area (Å²) in [7, 11) is 3.98. The van der Waals surface area contributed by atoms with E-state index in [4.69, 9.17) is 0 Å². The van der Waals surface area contributed by atoms with Crippen LogP contribution in [0.5, 0.6) is 0 Å². The molecule has 7 heteroatoms. The minimum absolute atomic E-state index is 0.166. The Hall–Kier alpha value is -4.67. The second-order valence-electron chi connectivity index (χ2n) is 10.8. The average Bonchev–Trinajstić information content (AvgIpc) is 3.66. The van der Waals surface area contributed by atoms with Gasteiger partial charge in [0.25, 0.3) is 0 Å². The van der Waals surface area contributed by atoms with Crippen molar-refractivity contribution in [1.82, 2.24) is 14.1 Å². The van der Waals surface area contributed by atoms with Crippen LogP contribution in [0.4, 0.5) is 5.69 Å². The summed E-state index contributed by atoms with van der Waals surface area (Å²) in [4.78, 5) is 2.00. The second kappa shape index (κ2) is 12.1. The van der Waals surface area contributed by atoms with E-state index in [1.165, 1.54) is 27.7 Å². The molecule has 44 heavy (non-hydrogen) atoms. The van der Waals surface area contributed by atoms with Crippen molar-refractivity contribution >= 4 is 35.1 Å². The molecule has 0 saturated heterocycles. The summed E-state index contributed by atoms with van der Waals surface area (Å²) in [6, 6.07) is 48.4. The number of rotatable bonds is 7. The van der Waals surface area contributed by atoms with Crippen LogP contribution >= 0.6 is 0 Å². The van der Waals surface area contributed by atoms with Crippen LogP contribution in [0.1, 0.15) is 0 Å². The molecule has 5 nitrogen and oxygen atoms in total. The van der Waals surface area contributed by atoms with Crippen LogP contribution in [0, 0.1) is 22.6 Å². The maximum absolute atomic E-state index is 4.39. The van der Waals surface area contributed by atoms with Gasteiger partial charge in [-0.05, 0) is 7.05 Å². The molecule has 1 aromatic heterocycles. The molecule has 0 bridgehead atoms. The zero-order valence-corrected chi connectivity index (χ0v) is 26.7. The molecule has 6 aromatic rings. The first-order valence-electron chi connectivity index (χ1n) is 14.4. The summed E-state index contributed by atoms with van der Waals surface area (Å²) in [6.07, 6.45) is 5.98. The van der Waals surface area contributed by atoms with E-state index < -0.39 is 0 Å². The fourth-order valence-corrected chi connectivity index (χ4v) is 6.41. The maximum atomic E-state index is 4.39. The van der Waals surface area contributed by atoms with Crippen LogP contribution in [-0.4, -0.2) is 34.2 Å². The van der Waals surface area contributed by atoms with Gasteiger partial charge >= 0.3 is 264 Å². The summed E-state index contributed by atoms with van der Waals surface area (Å²) >= 11 is 2.36. The number of imidazole rings is 1. The molecule has 2 heterocycles. The Kier molecular flexibility index (Phi) is 7.76. The number of hydrogen-bond acceptors (Lipinski definition) is 3. The first-order chi connectivity index (χ1) is 21.6. The van der Waals surface area contributed by atoms with Crippen molar-refractivity contribution in [2.75, 3.05) is 11.9 Å². The zero-order valence-electron chi connectivity index (χ0n) is 24.4. The Morgan fingerprint density at radius 1 is 0.659 bits per heavy atom. The Labute approximate surface area is 269 Å². The number of aryl methyl sites for hydroxylation is 1. The van der Waals surface area contributed by atoms with Gasteiger partial charge in [-0.25, -0.2) is 0 Å². The molecule has 1 aliphatic rings. The van der Waals surface area contributed by atoms with E-state index >= 15 is 0 Å². The third kappa shape index (κ3) is 5.42. The van der Waals surface area contributed by atoms with Gasteiger partial charge in [0.1, 0.15) is 0 Å². The predicted molar refractivity (Wildman–Crippen MR) is 177 cm³/mol. The Morgan fingerprint density at radius 2 is 1.23 bits per heavy atom. The van der Waals surface area contributed by atoms with Crippen molar-refractivity contribution < 1.29 is 19.4 Å². The van der Waals surface area contributed by atoms with Crippen LogP contribution in [0.3, 0.4) is 0 Å². The molecule has 0 saturated carbocycles. The van der Waals surface area contributed by atoms with E-state index in [-0.39, 0.29) is 6.71 Å². The first-order valence-corrected chi connectivity index (χ1v) is 15.6. The Bertz CT molecular complexity index is 1960. The molecular weight excluding hydrogens is 720 g/mol. The first kappa shape index (κ1) is 28.1. The number of benzene rings is 5. The van der Waals surface area contributed by atoms with Gasteiger partial charge in [0.15, 0.2) is 0 Å². The van der Waals surface area contributed by atoms with Gasteiger partial charge in [0.05, 0.1) is 0 Å².